The molecule has 0 atom stereocenters. The summed E-state index contributed by atoms with van der Waals surface area (Å²) in [5, 5.41) is 7.86. The van der Waals surface area contributed by atoms with E-state index >= 15 is 0 Å². The van der Waals surface area contributed by atoms with Crippen molar-refractivity contribution in [2.24, 2.45) is 0 Å². The Morgan fingerprint density at radius 3 is 2.36 bits per heavy atom. The van der Waals surface area contributed by atoms with E-state index in [4.69, 9.17) is 14.3 Å². The van der Waals surface area contributed by atoms with Gasteiger partial charge >= 0.3 is 0 Å². The Morgan fingerprint density at radius 1 is 1.00 bits per heavy atom. The van der Waals surface area contributed by atoms with Crippen LogP contribution in [0.3, 0.4) is 0 Å². The first kappa shape index (κ1) is 24.5. The third-order valence-corrected chi connectivity index (χ3v) is 5.34. The maximum Gasteiger partial charge on any atom is 0.261 e. The molecular weight excluding hydrogens is 442 g/mol. The van der Waals surface area contributed by atoms with Crippen LogP contribution in [0.2, 0.25) is 0 Å². The molecule has 0 spiro atoms. The van der Waals surface area contributed by atoms with Crippen LogP contribution in [0, 0.1) is 0 Å². The summed E-state index contributed by atoms with van der Waals surface area (Å²) in [6, 6.07) is 20.1. The molecule has 2 aromatic carbocycles. The van der Waals surface area contributed by atoms with Crippen LogP contribution in [0.1, 0.15) is 36.0 Å². The minimum atomic E-state index is -3.67. The first-order valence-electron chi connectivity index (χ1n) is 10.7. The second-order valence-electron chi connectivity index (χ2n) is 8.02. The Balaban J connectivity index is 0.000000555. The number of carbonyl (C=O) groups excluding carboxylic acids is 1. The van der Waals surface area contributed by atoms with E-state index in [9.17, 15) is 13.2 Å². The van der Waals surface area contributed by atoms with E-state index in [0.29, 0.717) is 23.6 Å². The van der Waals surface area contributed by atoms with Gasteiger partial charge in [0.1, 0.15) is 11.6 Å². The third-order valence-electron chi connectivity index (χ3n) is 5.34. The predicted molar refractivity (Wildman–Crippen MR) is 129 cm³/mol. The van der Waals surface area contributed by atoms with Crippen LogP contribution in [0.4, 0.5) is 5.82 Å². The van der Waals surface area contributed by atoms with Gasteiger partial charge in [0.25, 0.3) is 16.0 Å². The fraction of sp³-hybridized carbons (Fsp3) is 0.333. The molecule has 0 saturated heterocycles. The summed E-state index contributed by atoms with van der Waals surface area (Å²) in [6.07, 6.45) is 4.66. The molecule has 1 aliphatic carbocycles. The third kappa shape index (κ3) is 8.03. The van der Waals surface area contributed by atoms with E-state index in [2.05, 4.69) is 22.8 Å². The number of amides is 1. The van der Waals surface area contributed by atoms with E-state index in [1.165, 1.54) is 0 Å². The molecule has 4 rings (SSSR count). The van der Waals surface area contributed by atoms with Crippen molar-refractivity contribution in [3.63, 3.8) is 0 Å². The van der Waals surface area contributed by atoms with Crippen LogP contribution in [0.25, 0.3) is 10.9 Å². The van der Waals surface area contributed by atoms with Crippen molar-refractivity contribution >= 4 is 32.7 Å². The number of hydrogen-bond donors (Lipinski definition) is 3. The van der Waals surface area contributed by atoms with Crippen LogP contribution in [0.5, 0.6) is 5.75 Å². The second kappa shape index (κ2) is 11.1. The zero-order valence-corrected chi connectivity index (χ0v) is 19.5. The normalized spacial score (nSPS) is 18.0. The van der Waals surface area contributed by atoms with E-state index in [1.54, 1.807) is 13.2 Å². The largest absolute Gasteiger partial charge is 0.497 e. The minimum Gasteiger partial charge on any atom is -0.497 e. The number of fused-ring (bicyclic) bond motifs is 1. The van der Waals surface area contributed by atoms with Gasteiger partial charge in [0.15, 0.2) is 0 Å². The van der Waals surface area contributed by atoms with E-state index < -0.39 is 10.1 Å². The highest BCUT2D eigenvalue weighted by molar-refractivity contribution is 7.85. The van der Waals surface area contributed by atoms with Crippen molar-refractivity contribution in [3.8, 4) is 5.75 Å². The first-order valence-corrected chi connectivity index (χ1v) is 12.6. The SMILES string of the molecule is COc1cccc(C(=O)NC2CCC(Nc3ccc4ccccc4n3)CC2)c1.CS(=O)(=O)O. The molecule has 9 heteroatoms. The number of anilines is 1. The monoisotopic (exact) mass is 471 g/mol. The number of aromatic nitrogens is 1. The standard InChI is InChI=1S/C23H25N3O2.CH4O3S/c1-28-20-7-4-6-17(15-20)23(27)25-19-12-10-18(11-13-19)24-22-14-9-16-5-2-3-8-21(16)26-22;1-5(2,3)4/h2-9,14-15,18-19H,10-13H2,1H3,(H,24,26)(H,25,27);1H3,(H,2,3,4). The van der Waals surface area contributed by atoms with Gasteiger partial charge < -0.3 is 15.4 Å². The predicted octanol–water partition coefficient (Wildman–Crippen LogP) is 3.90. The topological polar surface area (TPSA) is 118 Å². The van der Waals surface area contributed by atoms with Crippen LogP contribution < -0.4 is 15.4 Å². The molecule has 33 heavy (non-hydrogen) atoms. The number of nitrogens with zero attached hydrogens (tertiary/aromatic N) is 1. The van der Waals surface area contributed by atoms with Crippen molar-refractivity contribution < 1.29 is 22.5 Å². The number of pyridine rings is 1. The lowest BCUT2D eigenvalue weighted by Crippen LogP contribution is -2.40. The number of hydrogen-bond acceptors (Lipinski definition) is 6. The lowest BCUT2D eigenvalue weighted by Gasteiger charge is -2.30. The Hall–Kier alpha value is -3.17. The van der Waals surface area contributed by atoms with E-state index in [0.717, 1.165) is 42.4 Å². The summed E-state index contributed by atoms with van der Waals surface area (Å²) in [7, 11) is -2.06. The quantitative estimate of drug-likeness (QED) is 0.483. The first-order chi connectivity index (χ1) is 15.7. The Labute approximate surface area is 194 Å². The molecule has 1 aromatic heterocycles. The molecule has 0 aliphatic heterocycles. The fourth-order valence-corrected chi connectivity index (χ4v) is 3.77. The highest BCUT2D eigenvalue weighted by Crippen LogP contribution is 2.23. The van der Waals surface area contributed by atoms with Gasteiger partial charge in [0.2, 0.25) is 0 Å². The molecule has 3 N–H and O–H groups in total. The molecule has 1 amide bonds. The molecule has 1 fully saturated rings. The van der Waals surface area contributed by atoms with Crippen molar-refractivity contribution in [1.29, 1.82) is 0 Å². The van der Waals surface area contributed by atoms with Gasteiger partial charge in [-0.1, -0.05) is 24.3 Å². The lowest BCUT2D eigenvalue weighted by atomic mass is 9.91. The Morgan fingerprint density at radius 2 is 1.67 bits per heavy atom. The van der Waals surface area contributed by atoms with Crippen LogP contribution >= 0.6 is 0 Å². The molecule has 0 radical (unpaired) electrons. The highest BCUT2D eigenvalue weighted by atomic mass is 32.2. The number of carbonyl (C=O) groups is 1. The lowest BCUT2D eigenvalue weighted by molar-refractivity contribution is 0.0926. The van der Waals surface area contributed by atoms with Gasteiger partial charge in [-0.15, -0.1) is 0 Å². The maximum absolute atomic E-state index is 12.5. The van der Waals surface area contributed by atoms with E-state index in [1.807, 2.05) is 42.5 Å². The van der Waals surface area contributed by atoms with Gasteiger partial charge in [-0.2, -0.15) is 8.42 Å². The molecule has 176 valence electrons. The van der Waals surface area contributed by atoms with Crippen molar-refractivity contribution in [1.82, 2.24) is 10.3 Å². The molecule has 0 bridgehead atoms. The van der Waals surface area contributed by atoms with Crippen LogP contribution in [0.15, 0.2) is 60.7 Å². The highest BCUT2D eigenvalue weighted by Gasteiger charge is 2.23. The molecule has 1 heterocycles. The van der Waals surface area contributed by atoms with Crippen LogP contribution in [-0.2, 0) is 10.1 Å². The number of para-hydroxylation sites is 1. The number of methoxy groups -OCH3 is 1. The molecule has 3 aromatic rings. The Kier molecular flexibility index (Phi) is 8.24. The summed E-state index contributed by atoms with van der Waals surface area (Å²) < 4.78 is 31.1. The van der Waals surface area contributed by atoms with Crippen LogP contribution in [-0.4, -0.2) is 49.3 Å². The van der Waals surface area contributed by atoms with Crippen molar-refractivity contribution in [3.05, 3.63) is 66.2 Å². The second-order valence-corrected chi connectivity index (χ2v) is 9.49. The molecule has 1 aliphatic rings. The number of ether oxygens (including phenoxy) is 1. The summed E-state index contributed by atoms with van der Waals surface area (Å²) in [4.78, 5) is 17.2. The van der Waals surface area contributed by atoms with Crippen molar-refractivity contribution in [2.45, 2.75) is 37.8 Å². The molecule has 1 saturated carbocycles. The number of benzene rings is 2. The zero-order chi connectivity index (χ0) is 23.8. The smallest absolute Gasteiger partial charge is 0.261 e. The van der Waals surface area contributed by atoms with E-state index in [-0.39, 0.29) is 11.9 Å². The molecule has 8 nitrogen and oxygen atoms in total. The molecular formula is C24H29N3O5S. The average Bonchev–Trinajstić information content (AvgIpc) is 2.79. The number of nitrogens with one attached hydrogen (secondary N) is 2. The summed E-state index contributed by atoms with van der Waals surface area (Å²) in [5.41, 5.74) is 1.65. The maximum atomic E-state index is 12.5. The minimum absolute atomic E-state index is 0.0356. The average molecular weight is 472 g/mol. The Bertz CT molecular complexity index is 1180. The molecule has 0 unspecified atom stereocenters. The number of rotatable bonds is 5. The summed E-state index contributed by atoms with van der Waals surface area (Å²) in [6.45, 7) is 0. The fourth-order valence-electron chi connectivity index (χ4n) is 3.77. The van der Waals surface area contributed by atoms with Gasteiger partial charge in [-0.25, -0.2) is 4.98 Å². The zero-order valence-electron chi connectivity index (χ0n) is 18.7. The van der Waals surface area contributed by atoms with Crippen molar-refractivity contribution in [2.75, 3.05) is 18.7 Å². The van der Waals surface area contributed by atoms with Gasteiger partial charge in [-0.05, 0) is 62.1 Å². The van der Waals surface area contributed by atoms with Gasteiger partial charge in [0.05, 0.1) is 18.9 Å². The van der Waals surface area contributed by atoms with Gasteiger partial charge in [0, 0.05) is 23.0 Å². The summed E-state index contributed by atoms with van der Waals surface area (Å²) in [5.74, 6) is 1.58. The van der Waals surface area contributed by atoms with Gasteiger partial charge in [-0.3, -0.25) is 9.35 Å². The summed E-state index contributed by atoms with van der Waals surface area (Å²) >= 11 is 0.